The summed E-state index contributed by atoms with van der Waals surface area (Å²) < 4.78 is 0. The quantitative estimate of drug-likeness (QED) is 0.500. The highest BCUT2D eigenvalue weighted by molar-refractivity contribution is 5.89. The van der Waals surface area contributed by atoms with Gasteiger partial charge in [0.2, 0.25) is 0 Å². The molecule has 4 N–H and O–H groups in total. The van der Waals surface area contributed by atoms with E-state index >= 15 is 0 Å². The van der Waals surface area contributed by atoms with Crippen LogP contribution in [0, 0.1) is 6.92 Å². The van der Waals surface area contributed by atoms with E-state index in [9.17, 15) is 0 Å². The first-order valence-electron chi connectivity index (χ1n) is 6.50. The van der Waals surface area contributed by atoms with Crippen molar-refractivity contribution in [3.8, 4) is 0 Å². The maximum absolute atomic E-state index is 8.83. The van der Waals surface area contributed by atoms with E-state index in [1.54, 1.807) is 0 Å². The standard InChI is InChI=1S/C15H16N4O/c1-9-6-13-15(8-11(9)16)19-14-7-10(17-4-5-20)2-3-12(14)18-13/h2-3,6-8,17,20H,4-5,16H2,1H3. The van der Waals surface area contributed by atoms with Crippen molar-refractivity contribution in [1.29, 1.82) is 0 Å². The Balaban J connectivity index is 2.15. The lowest BCUT2D eigenvalue weighted by Crippen LogP contribution is -2.05. The Morgan fingerprint density at radius 3 is 2.55 bits per heavy atom. The van der Waals surface area contributed by atoms with E-state index in [1.165, 1.54) is 0 Å². The van der Waals surface area contributed by atoms with Gasteiger partial charge in [-0.15, -0.1) is 0 Å². The van der Waals surface area contributed by atoms with Gasteiger partial charge in [0, 0.05) is 17.9 Å². The Morgan fingerprint density at radius 1 is 1.05 bits per heavy atom. The van der Waals surface area contributed by atoms with Crippen molar-refractivity contribution in [2.45, 2.75) is 6.92 Å². The van der Waals surface area contributed by atoms with Gasteiger partial charge < -0.3 is 16.2 Å². The summed E-state index contributed by atoms with van der Waals surface area (Å²) in [5.74, 6) is 0. The molecule has 0 saturated carbocycles. The molecule has 0 atom stereocenters. The summed E-state index contributed by atoms with van der Waals surface area (Å²) in [6, 6.07) is 9.59. The second-order valence-corrected chi connectivity index (χ2v) is 4.77. The van der Waals surface area contributed by atoms with Crippen LogP contribution in [0.4, 0.5) is 11.4 Å². The van der Waals surface area contributed by atoms with Crippen LogP contribution in [0.15, 0.2) is 30.3 Å². The van der Waals surface area contributed by atoms with Crippen molar-refractivity contribution < 1.29 is 5.11 Å². The first-order valence-corrected chi connectivity index (χ1v) is 6.50. The average Bonchev–Trinajstić information content (AvgIpc) is 2.44. The van der Waals surface area contributed by atoms with Crippen molar-refractivity contribution in [2.75, 3.05) is 24.2 Å². The van der Waals surface area contributed by atoms with Crippen molar-refractivity contribution in [2.24, 2.45) is 0 Å². The van der Waals surface area contributed by atoms with Gasteiger partial charge in [0.1, 0.15) is 0 Å². The van der Waals surface area contributed by atoms with Gasteiger partial charge in [0.25, 0.3) is 0 Å². The van der Waals surface area contributed by atoms with E-state index < -0.39 is 0 Å². The highest BCUT2D eigenvalue weighted by Gasteiger charge is 2.05. The summed E-state index contributed by atoms with van der Waals surface area (Å²) >= 11 is 0. The Hall–Kier alpha value is -2.40. The van der Waals surface area contributed by atoms with Crippen LogP contribution >= 0.6 is 0 Å². The van der Waals surface area contributed by atoms with Crippen LogP contribution in [0.1, 0.15) is 5.56 Å². The van der Waals surface area contributed by atoms with E-state index in [-0.39, 0.29) is 6.61 Å². The number of aliphatic hydroxyl groups excluding tert-OH is 1. The molecule has 0 bridgehead atoms. The number of anilines is 2. The molecular formula is C15H16N4O. The van der Waals surface area contributed by atoms with Gasteiger partial charge in [-0.25, -0.2) is 9.97 Å². The van der Waals surface area contributed by atoms with Crippen LogP contribution in [0.25, 0.3) is 22.1 Å². The summed E-state index contributed by atoms with van der Waals surface area (Å²) in [6.07, 6.45) is 0. The number of hydrogen-bond acceptors (Lipinski definition) is 5. The largest absolute Gasteiger partial charge is 0.398 e. The molecule has 0 aliphatic heterocycles. The van der Waals surface area contributed by atoms with Gasteiger partial charge in [0.05, 0.1) is 28.7 Å². The molecule has 3 rings (SSSR count). The van der Waals surface area contributed by atoms with Gasteiger partial charge in [-0.1, -0.05) is 0 Å². The van der Waals surface area contributed by atoms with Gasteiger partial charge in [-0.3, -0.25) is 0 Å². The van der Waals surface area contributed by atoms with E-state index in [1.807, 2.05) is 37.3 Å². The first-order chi connectivity index (χ1) is 9.67. The van der Waals surface area contributed by atoms with Crippen LogP contribution in [-0.4, -0.2) is 28.2 Å². The maximum Gasteiger partial charge on any atom is 0.0915 e. The zero-order valence-corrected chi connectivity index (χ0v) is 11.2. The molecule has 2 aromatic carbocycles. The summed E-state index contributed by atoms with van der Waals surface area (Å²) in [7, 11) is 0. The van der Waals surface area contributed by atoms with Crippen molar-refractivity contribution in [1.82, 2.24) is 9.97 Å². The van der Waals surface area contributed by atoms with E-state index in [2.05, 4.69) is 15.3 Å². The fraction of sp³-hybridized carbons (Fsp3) is 0.200. The lowest BCUT2D eigenvalue weighted by Gasteiger charge is -2.07. The average molecular weight is 268 g/mol. The van der Waals surface area contributed by atoms with E-state index in [4.69, 9.17) is 10.8 Å². The lowest BCUT2D eigenvalue weighted by molar-refractivity contribution is 0.311. The number of aryl methyl sites for hydroxylation is 1. The minimum atomic E-state index is 0.0945. The number of nitrogen functional groups attached to an aromatic ring is 1. The smallest absolute Gasteiger partial charge is 0.0915 e. The predicted octanol–water partition coefficient (Wildman–Crippen LogP) is 2.08. The molecule has 0 spiro atoms. The van der Waals surface area contributed by atoms with Gasteiger partial charge in [0.15, 0.2) is 0 Å². The molecule has 0 aliphatic carbocycles. The third-order valence-corrected chi connectivity index (χ3v) is 3.26. The van der Waals surface area contributed by atoms with Crippen LogP contribution in [0.2, 0.25) is 0 Å². The van der Waals surface area contributed by atoms with E-state index in [0.29, 0.717) is 6.54 Å². The van der Waals surface area contributed by atoms with Crippen LogP contribution < -0.4 is 11.1 Å². The zero-order chi connectivity index (χ0) is 14.1. The molecule has 0 unspecified atom stereocenters. The van der Waals surface area contributed by atoms with Gasteiger partial charge in [-0.2, -0.15) is 0 Å². The number of nitrogens with two attached hydrogens (primary N) is 1. The third-order valence-electron chi connectivity index (χ3n) is 3.26. The summed E-state index contributed by atoms with van der Waals surface area (Å²) in [6.45, 7) is 2.57. The Morgan fingerprint density at radius 2 is 1.75 bits per heavy atom. The third kappa shape index (κ3) is 2.23. The Bertz CT molecular complexity index is 786. The fourth-order valence-electron chi connectivity index (χ4n) is 2.15. The SMILES string of the molecule is Cc1cc2nc3ccc(NCCO)cc3nc2cc1N. The van der Waals surface area contributed by atoms with Crippen LogP contribution in [-0.2, 0) is 0 Å². The molecule has 0 aliphatic rings. The normalized spacial score (nSPS) is 11.1. The summed E-state index contributed by atoms with van der Waals surface area (Å²) in [4.78, 5) is 9.21. The molecule has 1 heterocycles. The highest BCUT2D eigenvalue weighted by Crippen LogP contribution is 2.23. The number of fused-ring (bicyclic) bond motifs is 2. The molecule has 0 saturated heterocycles. The molecule has 0 radical (unpaired) electrons. The van der Waals surface area contributed by atoms with Crippen LogP contribution in [0.3, 0.4) is 0 Å². The molecule has 1 aromatic heterocycles. The first kappa shape index (κ1) is 12.6. The minimum Gasteiger partial charge on any atom is -0.398 e. The second-order valence-electron chi connectivity index (χ2n) is 4.77. The van der Waals surface area contributed by atoms with E-state index in [0.717, 1.165) is 39.0 Å². The molecule has 20 heavy (non-hydrogen) atoms. The number of aromatic nitrogens is 2. The molecule has 102 valence electrons. The Labute approximate surface area is 116 Å². The van der Waals surface area contributed by atoms with Gasteiger partial charge in [-0.05, 0) is 42.8 Å². The highest BCUT2D eigenvalue weighted by atomic mass is 16.3. The molecule has 5 nitrogen and oxygen atoms in total. The number of aliphatic hydroxyl groups is 1. The maximum atomic E-state index is 8.83. The predicted molar refractivity (Wildman–Crippen MR) is 81.8 cm³/mol. The topological polar surface area (TPSA) is 84.1 Å². The molecule has 3 aromatic rings. The summed E-state index contributed by atoms with van der Waals surface area (Å²) in [5.41, 5.74) is 11.9. The number of benzene rings is 2. The van der Waals surface area contributed by atoms with Crippen molar-refractivity contribution >= 4 is 33.4 Å². The second kappa shape index (κ2) is 4.94. The molecule has 5 heteroatoms. The van der Waals surface area contributed by atoms with Gasteiger partial charge >= 0.3 is 0 Å². The molecular weight excluding hydrogens is 252 g/mol. The number of hydrogen-bond donors (Lipinski definition) is 3. The lowest BCUT2D eigenvalue weighted by atomic mass is 10.1. The summed E-state index contributed by atoms with van der Waals surface area (Å²) in [5, 5.41) is 11.9. The zero-order valence-electron chi connectivity index (χ0n) is 11.2. The fourth-order valence-corrected chi connectivity index (χ4v) is 2.15. The number of nitrogens with zero attached hydrogens (tertiary/aromatic N) is 2. The molecule has 0 amide bonds. The van der Waals surface area contributed by atoms with Crippen molar-refractivity contribution in [3.63, 3.8) is 0 Å². The van der Waals surface area contributed by atoms with Crippen LogP contribution in [0.5, 0.6) is 0 Å². The monoisotopic (exact) mass is 268 g/mol. The Kier molecular flexibility index (Phi) is 3.12. The number of rotatable bonds is 3. The minimum absolute atomic E-state index is 0.0945. The van der Waals surface area contributed by atoms with Crippen molar-refractivity contribution in [3.05, 3.63) is 35.9 Å². The number of nitrogens with one attached hydrogen (secondary N) is 1. The molecule has 0 fully saturated rings.